The lowest BCUT2D eigenvalue weighted by atomic mass is 9.99. The highest BCUT2D eigenvalue weighted by molar-refractivity contribution is 6.11. The lowest BCUT2D eigenvalue weighted by Crippen LogP contribution is -2.33. The summed E-state index contributed by atoms with van der Waals surface area (Å²) < 4.78 is 0. The predicted molar refractivity (Wildman–Crippen MR) is 95.5 cm³/mol. The summed E-state index contributed by atoms with van der Waals surface area (Å²) in [6.45, 7) is 2.92. The number of benzene rings is 2. The first-order chi connectivity index (χ1) is 11.3. The Kier molecular flexibility index (Phi) is 5.38. The molecule has 2 aromatic rings. The molecule has 0 aromatic heterocycles. The van der Waals surface area contributed by atoms with Gasteiger partial charge in [0.15, 0.2) is 5.78 Å². The van der Waals surface area contributed by atoms with Crippen LogP contribution >= 0.6 is 0 Å². The Morgan fingerprint density at radius 3 is 2.13 bits per heavy atom. The van der Waals surface area contributed by atoms with Crippen LogP contribution in [0.25, 0.3) is 6.08 Å². The van der Waals surface area contributed by atoms with E-state index in [1.807, 2.05) is 54.6 Å². The van der Waals surface area contributed by atoms with Crippen LogP contribution in [0.2, 0.25) is 0 Å². The van der Waals surface area contributed by atoms with Crippen molar-refractivity contribution >= 4 is 11.9 Å². The zero-order chi connectivity index (χ0) is 15.9. The molecule has 1 aliphatic rings. The first kappa shape index (κ1) is 15.7. The summed E-state index contributed by atoms with van der Waals surface area (Å²) in [7, 11) is 0. The van der Waals surface area contributed by atoms with Gasteiger partial charge in [-0.05, 0) is 37.6 Å². The van der Waals surface area contributed by atoms with Crippen molar-refractivity contribution in [2.45, 2.75) is 19.3 Å². The second kappa shape index (κ2) is 7.89. The second-order valence-corrected chi connectivity index (χ2v) is 6.11. The molecule has 1 heterocycles. The van der Waals surface area contributed by atoms with Gasteiger partial charge >= 0.3 is 0 Å². The number of hydrogen-bond donors (Lipinski definition) is 0. The number of carbonyl (C=O) groups excluding carboxylic acids is 1. The molecule has 23 heavy (non-hydrogen) atoms. The Morgan fingerprint density at radius 2 is 1.48 bits per heavy atom. The number of hydrogen-bond acceptors (Lipinski definition) is 2. The molecule has 2 heteroatoms. The molecule has 0 radical (unpaired) electrons. The smallest absolute Gasteiger partial charge is 0.190 e. The van der Waals surface area contributed by atoms with Crippen LogP contribution in [-0.4, -0.2) is 30.3 Å². The van der Waals surface area contributed by atoms with Crippen molar-refractivity contribution in [3.8, 4) is 0 Å². The molecule has 1 saturated heterocycles. The molecular formula is C21H23NO. The van der Waals surface area contributed by atoms with Crippen LogP contribution in [0, 0.1) is 0 Å². The molecule has 0 N–H and O–H groups in total. The summed E-state index contributed by atoms with van der Waals surface area (Å²) in [5.41, 5.74) is 2.74. The van der Waals surface area contributed by atoms with Crippen molar-refractivity contribution in [2.24, 2.45) is 0 Å². The minimum Gasteiger partial charge on any atom is -0.299 e. The monoisotopic (exact) mass is 305 g/mol. The summed E-state index contributed by atoms with van der Waals surface area (Å²) in [5.74, 6) is 0.139. The van der Waals surface area contributed by atoms with E-state index in [0.29, 0.717) is 0 Å². The largest absolute Gasteiger partial charge is 0.299 e. The van der Waals surface area contributed by atoms with Crippen molar-refractivity contribution in [2.75, 3.05) is 19.6 Å². The number of ketones is 1. The molecule has 0 bridgehead atoms. The van der Waals surface area contributed by atoms with Crippen LogP contribution in [0.1, 0.15) is 35.2 Å². The number of piperidine rings is 1. The Bertz CT molecular complexity index is 655. The van der Waals surface area contributed by atoms with E-state index < -0.39 is 0 Å². The van der Waals surface area contributed by atoms with E-state index in [9.17, 15) is 4.79 Å². The maximum absolute atomic E-state index is 12.9. The number of carbonyl (C=O) groups is 1. The standard InChI is InChI=1S/C21H23NO/c23-21(19-12-6-2-7-13-19)20(16-18-10-4-1-5-11-18)17-22-14-8-3-9-15-22/h1-2,4-7,10-13,16H,3,8-9,14-15,17H2/b20-16+. The molecule has 0 amide bonds. The first-order valence-electron chi connectivity index (χ1n) is 8.41. The fourth-order valence-corrected chi connectivity index (χ4v) is 3.07. The Hall–Kier alpha value is -2.19. The van der Waals surface area contributed by atoms with Gasteiger partial charge in [-0.3, -0.25) is 9.69 Å². The summed E-state index contributed by atoms with van der Waals surface area (Å²) in [6, 6.07) is 19.7. The van der Waals surface area contributed by atoms with E-state index in [4.69, 9.17) is 0 Å². The summed E-state index contributed by atoms with van der Waals surface area (Å²) in [6.07, 6.45) is 5.82. The van der Waals surface area contributed by atoms with Gasteiger partial charge in [0.1, 0.15) is 0 Å². The van der Waals surface area contributed by atoms with Gasteiger partial charge < -0.3 is 0 Å². The molecule has 2 nitrogen and oxygen atoms in total. The minimum absolute atomic E-state index is 0.139. The van der Waals surface area contributed by atoms with Gasteiger partial charge in [-0.25, -0.2) is 0 Å². The van der Waals surface area contributed by atoms with Crippen molar-refractivity contribution in [1.29, 1.82) is 0 Å². The quantitative estimate of drug-likeness (QED) is 0.601. The molecule has 0 spiro atoms. The van der Waals surface area contributed by atoms with Crippen LogP contribution in [-0.2, 0) is 0 Å². The van der Waals surface area contributed by atoms with Gasteiger partial charge in [-0.15, -0.1) is 0 Å². The number of likely N-dealkylation sites (tertiary alicyclic amines) is 1. The molecule has 118 valence electrons. The van der Waals surface area contributed by atoms with Gasteiger partial charge in [0, 0.05) is 17.7 Å². The Labute approximate surface area is 138 Å². The summed E-state index contributed by atoms with van der Waals surface area (Å²) >= 11 is 0. The second-order valence-electron chi connectivity index (χ2n) is 6.11. The third-order valence-electron chi connectivity index (χ3n) is 4.31. The van der Waals surface area contributed by atoms with Crippen LogP contribution < -0.4 is 0 Å². The zero-order valence-corrected chi connectivity index (χ0v) is 13.4. The van der Waals surface area contributed by atoms with Crippen molar-refractivity contribution in [3.05, 3.63) is 77.4 Å². The molecular weight excluding hydrogens is 282 g/mol. The SMILES string of the molecule is O=C(/C(=C/c1ccccc1)CN1CCCCC1)c1ccccc1. The molecule has 2 aromatic carbocycles. The van der Waals surface area contributed by atoms with Crippen LogP contribution in [0.3, 0.4) is 0 Å². The topological polar surface area (TPSA) is 20.3 Å². The third-order valence-corrected chi connectivity index (χ3v) is 4.31. The van der Waals surface area contributed by atoms with Gasteiger partial charge in [-0.1, -0.05) is 67.1 Å². The minimum atomic E-state index is 0.139. The summed E-state index contributed by atoms with van der Waals surface area (Å²) in [4.78, 5) is 15.3. The third kappa shape index (κ3) is 4.40. The first-order valence-corrected chi connectivity index (χ1v) is 8.41. The van der Waals surface area contributed by atoms with Crippen molar-refractivity contribution in [3.63, 3.8) is 0 Å². The maximum atomic E-state index is 12.9. The average molecular weight is 305 g/mol. The van der Waals surface area contributed by atoms with Gasteiger partial charge in [0.2, 0.25) is 0 Å². The van der Waals surface area contributed by atoms with Gasteiger partial charge in [-0.2, -0.15) is 0 Å². The number of nitrogens with zero attached hydrogens (tertiary/aromatic N) is 1. The average Bonchev–Trinajstić information content (AvgIpc) is 2.63. The maximum Gasteiger partial charge on any atom is 0.190 e. The summed E-state index contributed by atoms with van der Waals surface area (Å²) in [5, 5.41) is 0. The highest BCUT2D eigenvalue weighted by atomic mass is 16.1. The normalized spacial score (nSPS) is 16.3. The van der Waals surface area contributed by atoms with Crippen LogP contribution in [0.4, 0.5) is 0 Å². The van der Waals surface area contributed by atoms with E-state index in [0.717, 1.165) is 36.3 Å². The fraction of sp³-hybridized carbons (Fsp3) is 0.286. The lowest BCUT2D eigenvalue weighted by Gasteiger charge is -2.27. The number of rotatable bonds is 5. The van der Waals surface area contributed by atoms with E-state index >= 15 is 0 Å². The van der Waals surface area contributed by atoms with Crippen molar-refractivity contribution < 1.29 is 4.79 Å². The molecule has 0 aliphatic carbocycles. The van der Waals surface area contributed by atoms with E-state index in [-0.39, 0.29) is 5.78 Å². The Balaban J connectivity index is 1.86. The molecule has 3 rings (SSSR count). The van der Waals surface area contributed by atoms with E-state index in [1.165, 1.54) is 19.3 Å². The van der Waals surface area contributed by atoms with E-state index in [2.05, 4.69) is 17.0 Å². The molecule has 1 fully saturated rings. The highest BCUT2D eigenvalue weighted by Crippen LogP contribution is 2.17. The number of Topliss-reactive ketones (excluding diaryl/α,β-unsaturated/α-hetero) is 1. The van der Waals surface area contributed by atoms with Gasteiger partial charge in [0.05, 0.1) is 0 Å². The highest BCUT2D eigenvalue weighted by Gasteiger charge is 2.17. The Morgan fingerprint density at radius 1 is 0.870 bits per heavy atom. The molecule has 1 aliphatic heterocycles. The van der Waals surface area contributed by atoms with Crippen LogP contribution in [0.5, 0.6) is 0 Å². The van der Waals surface area contributed by atoms with Gasteiger partial charge in [0.25, 0.3) is 0 Å². The van der Waals surface area contributed by atoms with Crippen LogP contribution in [0.15, 0.2) is 66.2 Å². The zero-order valence-electron chi connectivity index (χ0n) is 13.4. The molecule has 0 atom stereocenters. The fourth-order valence-electron chi connectivity index (χ4n) is 3.07. The van der Waals surface area contributed by atoms with Crippen molar-refractivity contribution in [1.82, 2.24) is 4.90 Å². The van der Waals surface area contributed by atoms with E-state index in [1.54, 1.807) is 0 Å². The lowest BCUT2D eigenvalue weighted by molar-refractivity contribution is 0.102. The molecule has 0 saturated carbocycles. The predicted octanol–water partition coefficient (Wildman–Crippen LogP) is 4.44. The molecule has 0 unspecified atom stereocenters.